The molecule has 0 saturated carbocycles. The van der Waals surface area contributed by atoms with Crippen LogP contribution in [0.2, 0.25) is 0 Å². The third-order valence-electron chi connectivity index (χ3n) is 3.35. The molecular weight excluding hydrogens is 296 g/mol. The van der Waals surface area contributed by atoms with E-state index in [1.54, 1.807) is 4.90 Å². The lowest BCUT2D eigenvalue weighted by atomic mass is 9.93. The molecule has 2 rings (SSSR count). The van der Waals surface area contributed by atoms with Crippen LogP contribution in [-0.2, 0) is 16.1 Å². The predicted octanol–water partition coefficient (Wildman–Crippen LogP) is 2.92. The standard InChI is InChI=1S/C17H24N2O4/c1-16(2,3)23-14(20)18-17(4)11-19(12-17)15(21)22-10-13-8-6-5-7-9-13/h5-9H,10-12H2,1-4H3,(H,18,20). The lowest BCUT2D eigenvalue weighted by Gasteiger charge is -2.47. The Hall–Kier alpha value is -2.24. The summed E-state index contributed by atoms with van der Waals surface area (Å²) in [5.41, 5.74) is -0.0805. The fourth-order valence-electron chi connectivity index (χ4n) is 2.36. The van der Waals surface area contributed by atoms with Gasteiger partial charge in [-0.3, -0.25) is 0 Å². The van der Waals surface area contributed by atoms with Crippen molar-refractivity contribution in [3.63, 3.8) is 0 Å². The van der Waals surface area contributed by atoms with E-state index >= 15 is 0 Å². The number of hydrogen-bond acceptors (Lipinski definition) is 4. The Labute approximate surface area is 136 Å². The lowest BCUT2D eigenvalue weighted by Crippen LogP contribution is -2.70. The number of carbonyl (C=O) groups excluding carboxylic acids is 2. The van der Waals surface area contributed by atoms with Crippen molar-refractivity contribution in [2.45, 2.75) is 45.4 Å². The van der Waals surface area contributed by atoms with Gasteiger partial charge in [-0.2, -0.15) is 0 Å². The van der Waals surface area contributed by atoms with E-state index in [2.05, 4.69) is 5.32 Å². The summed E-state index contributed by atoms with van der Waals surface area (Å²) in [5.74, 6) is 0. The first kappa shape index (κ1) is 17.1. The van der Waals surface area contributed by atoms with Gasteiger partial charge < -0.3 is 19.7 Å². The van der Waals surface area contributed by atoms with E-state index in [-0.39, 0.29) is 12.7 Å². The molecule has 0 aliphatic carbocycles. The molecule has 1 aliphatic heterocycles. The second-order valence-electron chi connectivity index (χ2n) is 7.08. The van der Waals surface area contributed by atoms with Gasteiger partial charge in [-0.25, -0.2) is 9.59 Å². The zero-order chi connectivity index (χ0) is 17.1. The monoisotopic (exact) mass is 320 g/mol. The number of hydrogen-bond donors (Lipinski definition) is 1. The third-order valence-corrected chi connectivity index (χ3v) is 3.35. The van der Waals surface area contributed by atoms with Crippen molar-refractivity contribution in [3.05, 3.63) is 35.9 Å². The Kier molecular flexibility index (Phi) is 4.82. The highest BCUT2D eigenvalue weighted by atomic mass is 16.6. The van der Waals surface area contributed by atoms with Gasteiger partial charge in [0.2, 0.25) is 0 Å². The van der Waals surface area contributed by atoms with E-state index < -0.39 is 17.2 Å². The van der Waals surface area contributed by atoms with Gasteiger partial charge in [0.1, 0.15) is 12.2 Å². The molecular formula is C17H24N2O4. The summed E-state index contributed by atoms with van der Waals surface area (Å²) in [7, 11) is 0. The maximum Gasteiger partial charge on any atom is 0.410 e. The number of alkyl carbamates (subject to hydrolysis) is 1. The number of likely N-dealkylation sites (tertiary alicyclic amines) is 1. The number of nitrogens with zero attached hydrogens (tertiary/aromatic N) is 1. The Balaban J connectivity index is 1.74. The molecule has 0 atom stereocenters. The van der Waals surface area contributed by atoms with Crippen LogP contribution >= 0.6 is 0 Å². The highest BCUT2D eigenvalue weighted by Gasteiger charge is 2.44. The fourth-order valence-corrected chi connectivity index (χ4v) is 2.36. The molecule has 1 aliphatic rings. The van der Waals surface area contributed by atoms with Crippen LogP contribution in [0.25, 0.3) is 0 Å². The van der Waals surface area contributed by atoms with Crippen LogP contribution < -0.4 is 5.32 Å². The number of rotatable bonds is 3. The maximum absolute atomic E-state index is 12.0. The van der Waals surface area contributed by atoms with Crippen molar-refractivity contribution >= 4 is 12.2 Å². The summed E-state index contributed by atoms with van der Waals surface area (Å²) in [6, 6.07) is 9.51. The predicted molar refractivity (Wildman–Crippen MR) is 86.0 cm³/mol. The van der Waals surface area contributed by atoms with Crippen LogP contribution in [-0.4, -0.2) is 41.3 Å². The zero-order valence-corrected chi connectivity index (χ0v) is 14.1. The number of benzene rings is 1. The van der Waals surface area contributed by atoms with Crippen LogP contribution in [0.4, 0.5) is 9.59 Å². The first-order valence-corrected chi connectivity index (χ1v) is 7.64. The van der Waals surface area contributed by atoms with Gasteiger partial charge in [-0.15, -0.1) is 0 Å². The van der Waals surface area contributed by atoms with E-state index in [1.807, 2.05) is 58.0 Å². The number of nitrogens with one attached hydrogen (secondary N) is 1. The van der Waals surface area contributed by atoms with Crippen LogP contribution in [0.3, 0.4) is 0 Å². The van der Waals surface area contributed by atoms with Crippen molar-refractivity contribution in [2.24, 2.45) is 0 Å². The second-order valence-corrected chi connectivity index (χ2v) is 7.08. The van der Waals surface area contributed by atoms with Crippen LogP contribution in [0.1, 0.15) is 33.3 Å². The third kappa shape index (κ3) is 5.16. The first-order chi connectivity index (χ1) is 10.7. The SMILES string of the molecule is CC1(NC(=O)OC(C)(C)C)CN(C(=O)OCc2ccccc2)C1. The summed E-state index contributed by atoms with van der Waals surface area (Å²) >= 11 is 0. The van der Waals surface area contributed by atoms with Gasteiger partial charge in [0.25, 0.3) is 0 Å². The minimum atomic E-state index is -0.543. The van der Waals surface area contributed by atoms with Gasteiger partial charge >= 0.3 is 12.2 Å². The molecule has 126 valence electrons. The topological polar surface area (TPSA) is 67.9 Å². The zero-order valence-electron chi connectivity index (χ0n) is 14.1. The van der Waals surface area contributed by atoms with E-state index in [4.69, 9.17) is 9.47 Å². The van der Waals surface area contributed by atoms with Crippen LogP contribution in [0.5, 0.6) is 0 Å². The Morgan fingerprint density at radius 3 is 2.39 bits per heavy atom. The minimum Gasteiger partial charge on any atom is -0.445 e. The first-order valence-electron chi connectivity index (χ1n) is 7.64. The van der Waals surface area contributed by atoms with E-state index in [1.165, 1.54) is 0 Å². The lowest BCUT2D eigenvalue weighted by molar-refractivity contribution is 0.0105. The van der Waals surface area contributed by atoms with Gasteiger partial charge in [0.15, 0.2) is 0 Å². The molecule has 1 saturated heterocycles. The Bertz CT molecular complexity index is 560. The molecule has 23 heavy (non-hydrogen) atoms. The second kappa shape index (κ2) is 6.48. The number of ether oxygens (including phenoxy) is 2. The fraction of sp³-hybridized carbons (Fsp3) is 0.529. The number of carbonyl (C=O) groups is 2. The van der Waals surface area contributed by atoms with Gasteiger partial charge in [0, 0.05) is 13.1 Å². The molecule has 1 N–H and O–H groups in total. The molecule has 0 aromatic heterocycles. The summed E-state index contributed by atoms with van der Waals surface area (Å²) in [5, 5.41) is 2.80. The van der Waals surface area contributed by atoms with Crippen LogP contribution in [0, 0.1) is 0 Å². The van der Waals surface area contributed by atoms with Crippen molar-refractivity contribution in [1.29, 1.82) is 0 Å². The van der Waals surface area contributed by atoms with Crippen LogP contribution in [0.15, 0.2) is 30.3 Å². The summed E-state index contributed by atoms with van der Waals surface area (Å²) in [6.07, 6.45) is -0.852. The Morgan fingerprint density at radius 1 is 1.22 bits per heavy atom. The van der Waals surface area contributed by atoms with E-state index in [0.29, 0.717) is 13.1 Å². The molecule has 0 unspecified atom stereocenters. The van der Waals surface area contributed by atoms with E-state index in [0.717, 1.165) is 5.56 Å². The molecule has 1 heterocycles. The van der Waals surface area contributed by atoms with Crippen molar-refractivity contribution in [3.8, 4) is 0 Å². The van der Waals surface area contributed by atoms with Crippen molar-refractivity contribution < 1.29 is 19.1 Å². The molecule has 1 fully saturated rings. The summed E-state index contributed by atoms with van der Waals surface area (Å²) < 4.78 is 10.5. The molecule has 0 bridgehead atoms. The van der Waals surface area contributed by atoms with Gasteiger partial charge in [-0.05, 0) is 33.3 Å². The highest BCUT2D eigenvalue weighted by Crippen LogP contribution is 2.22. The van der Waals surface area contributed by atoms with E-state index in [9.17, 15) is 9.59 Å². The molecule has 1 aromatic rings. The minimum absolute atomic E-state index is 0.242. The quantitative estimate of drug-likeness (QED) is 0.930. The van der Waals surface area contributed by atoms with Gasteiger partial charge in [-0.1, -0.05) is 30.3 Å². The van der Waals surface area contributed by atoms with Crippen molar-refractivity contribution in [1.82, 2.24) is 10.2 Å². The average molecular weight is 320 g/mol. The molecule has 6 heteroatoms. The smallest absolute Gasteiger partial charge is 0.410 e. The largest absolute Gasteiger partial charge is 0.445 e. The molecule has 1 aromatic carbocycles. The molecule has 6 nitrogen and oxygen atoms in total. The molecule has 0 spiro atoms. The molecule has 2 amide bonds. The Morgan fingerprint density at radius 2 is 1.83 bits per heavy atom. The average Bonchev–Trinajstić information content (AvgIpc) is 2.41. The number of amides is 2. The summed E-state index contributed by atoms with van der Waals surface area (Å²) in [4.78, 5) is 25.3. The normalized spacial score (nSPS) is 16.3. The maximum atomic E-state index is 12.0. The highest BCUT2D eigenvalue weighted by molar-refractivity contribution is 5.72. The summed E-state index contributed by atoms with van der Waals surface area (Å²) in [6.45, 7) is 8.35. The van der Waals surface area contributed by atoms with Gasteiger partial charge in [0.05, 0.1) is 5.54 Å². The molecule has 0 radical (unpaired) electrons. The van der Waals surface area contributed by atoms with Crippen molar-refractivity contribution in [2.75, 3.05) is 13.1 Å².